The van der Waals surface area contributed by atoms with Crippen LogP contribution in [0.25, 0.3) is 0 Å². The Labute approximate surface area is 97.3 Å². The van der Waals surface area contributed by atoms with Crippen molar-refractivity contribution in [1.82, 2.24) is 5.32 Å². The summed E-state index contributed by atoms with van der Waals surface area (Å²) in [5.41, 5.74) is 0. The van der Waals surface area contributed by atoms with Crippen molar-refractivity contribution < 1.29 is 9.53 Å². The zero-order chi connectivity index (χ0) is 11.1. The number of nitrogens with one attached hydrogen (secondary N) is 1. The van der Waals surface area contributed by atoms with Gasteiger partial charge in [-0.3, -0.25) is 4.79 Å². The minimum absolute atomic E-state index is 0.0181. The predicted octanol–water partition coefficient (Wildman–Crippen LogP) is 2.13. The number of hydrogen-bond donors (Lipinski definition) is 1. The van der Waals surface area contributed by atoms with E-state index in [4.69, 9.17) is 4.74 Å². The van der Waals surface area contributed by atoms with Crippen LogP contribution in [0.5, 0.6) is 5.75 Å². The molecule has 1 N–H and O–H groups in total. The second kappa shape index (κ2) is 6.24. The van der Waals surface area contributed by atoms with Gasteiger partial charge in [0.05, 0.1) is 0 Å². The summed E-state index contributed by atoms with van der Waals surface area (Å²) in [7, 11) is 0. The fourth-order valence-electron chi connectivity index (χ4n) is 0.943. The fraction of sp³-hybridized carbons (Fsp3) is 0.182. The molecule has 15 heavy (non-hydrogen) atoms. The molecule has 0 spiro atoms. The number of benzene rings is 1. The van der Waals surface area contributed by atoms with E-state index in [-0.39, 0.29) is 12.5 Å². The van der Waals surface area contributed by atoms with Gasteiger partial charge in [0.2, 0.25) is 0 Å². The molecule has 0 radical (unpaired) electrons. The number of hydrogen-bond acceptors (Lipinski definition) is 2. The number of amides is 1. The Balaban J connectivity index is 2.36. The summed E-state index contributed by atoms with van der Waals surface area (Å²) in [4.78, 5) is 11.2. The summed E-state index contributed by atoms with van der Waals surface area (Å²) in [5.74, 6) is 0.507. The second-order valence-electron chi connectivity index (χ2n) is 2.84. The zero-order valence-corrected chi connectivity index (χ0v) is 9.79. The van der Waals surface area contributed by atoms with Gasteiger partial charge in [-0.25, -0.2) is 0 Å². The standard InChI is InChI=1S/C11H12BrNO2/c1-2-6-13-11(14)8-15-10-5-3-4-9(12)7-10/h2-5,7H,1,6,8H2,(H,13,14). The number of rotatable bonds is 5. The maximum atomic E-state index is 11.2. The average Bonchev–Trinajstić information content (AvgIpc) is 2.23. The van der Waals surface area contributed by atoms with Crippen molar-refractivity contribution in [2.45, 2.75) is 0 Å². The fourth-order valence-corrected chi connectivity index (χ4v) is 1.32. The lowest BCUT2D eigenvalue weighted by Crippen LogP contribution is -2.28. The summed E-state index contributed by atoms with van der Waals surface area (Å²) >= 11 is 3.32. The Morgan fingerprint density at radius 1 is 1.60 bits per heavy atom. The minimum atomic E-state index is -0.158. The molecule has 1 amide bonds. The summed E-state index contributed by atoms with van der Waals surface area (Å²) < 4.78 is 6.19. The molecule has 0 saturated heterocycles. The van der Waals surface area contributed by atoms with E-state index in [1.807, 2.05) is 12.1 Å². The van der Waals surface area contributed by atoms with Crippen LogP contribution in [-0.4, -0.2) is 19.1 Å². The van der Waals surface area contributed by atoms with Crippen molar-refractivity contribution in [1.29, 1.82) is 0 Å². The highest BCUT2D eigenvalue weighted by Gasteiger charge is 2.00. The van der Waals surface area contributed by atoms with Crippen molar-refractivity contribution in [3.63, 3.8) is 0 Å². The van der Waals surface area contributed by atoms with Gasteiger partial charge in [-0.2, -0.15) is 0 Å². The molecule has 0 unspecified atom stereocenters. The van der Waals surface area contributed by atoms with Crippen LogP contribution in [0.1, 0.15) is 0 Å². The molecule has 0 heterocycles. The molecule has 0 saturated carbocycles. The van der Waals surface area contributed by atoms with E-state index in [2.05, 4.69) is 27.8 Å². The molecule has 0 bridgehead atoms. The lowest BCUT2D eigenvalue weighted by atomic mass is 10.3. The summed E-state index contributed by atoms with van der Waals surface area (Å²) in [6, 6.07) is 7.35. The van der Waals surface area contributed by atoms with Crippen LogP contribution in [0.3, 0.4) is 0 Å². The number of carbonyl (C=O) groups excluding carboxylic acids is 1. The summed E-state index contributed by atoms with van der Waals surface area (Å²) in [6.45, 7) is 3.98. The molecule has 0 aliphatic heterocycles. The first-order chi connectivity index (χ1) is 7.22. The Kier molecular flexibility index (Phi) is 4.90. The van der Waals surface area contributed by atoms with Gasteiger partial charge in [0.25, 0.3) is 5.91 Å². The second-order valence-corrected chi connectivity index (χ2v) is 3.75. The third-order valence-corrected chi connectivity index (χ3v) is 2.10. The van der Waals surface area contributed by atoms with Gasteiger partial charge in [0.1, 0.15) is 5.75 Å². The van der Waals surface area contributed by atoms with Gasteiger partial charge in [0.15, 0.2) is 6.61 Å². The lowest BCUT2D eigenvalue weighted by Gasteiger charge is -2.06. The van der Waals surface area contributed by atoms with Crippen LogP contribution in [0.4, 0.5) is 0 Å². The SMILES string of the molecule is C=CCNC(=O)COc1cccc(Br)c1. The first-order valence-electron chi connectivity index (χ1n) is 4.48. The molecule has 0 aliphatic carbocycles. The van der Waals surface area contributed by atoms with Gasteiger partial charge < -0.3 is 10.1 Å². The van der Waals surface area contributed by atoms with E-state index in [0.717, 1.165) is 4.47 Å². The molecular formula is C11H12BrNO2. The van der Waals surface area contributed by atoms with Gasteiger partial charge in [-0.1, -0.05) is 28.1 Å². The van der Waals surface area contributed by atoms with Crippen molar-refractivity contribution in [2.75, 3.05) is 13.2 Å². The van der Waals surface area contributed by atoms with E-state index in [1.54, 1.807) is 18.2 Å². The number of ether oxygens (including phenoxy) is 1. The number of halogens is 1. The predicted molar refractivity (Wildman–Crippen MR) is 62.8 cm³/mol. The molecule has 0 aromatic heterocycles. The minimum Gasteiger partial charge on any atom is -0.484 e. The maximum absolute atomic E-state index is 11.2. The topological polar surface area (TPSA) is 38.3 Å². The molecular weight excluding hydrogens is 258 g/mol. The third-order valence-electron chi connectivity index (χ3n) is 1.61. The average molecular weight is 270 g/mol. The Bertz CT molecular complexity index is 352. The molecule has 1 rings (SSSR count). The first kappa shape index (κ1) is 11.8. The molecule has 80 valence electrons. The third kappa shape index (κ3) is 4.65. The van der Waals surface area contributed by atoms with Crippen LogP contribution in [0.15, 0.2) is 41.4 Å². The highest BCUT2D eigenvalue weighted by atomic mass is 79.9. The van der Waals surface area contributed by atoms with Gasteiger partial charge in [0, 0.05) is 11.0 Å². The van der Waals surface area contributed by atoms with Crippen LogP contribution >= 0.6 is 15.9 Å². The van der Waals surface area contributed by atoms with E-state index in [0.29, 0.717) is 12.3 Å². The summed E-state index contributed by atoms with van der Waals surface area (Å²) in [6.07, 6.45) is 1.62. The van der Waals surface area contributed by atoms with Crippen molar-refractivity contribution in [2.24, 2.45) is 0 Å². The lowest BCUT2D eigenvalue weighted by molar-refractivity contribution is -0.122. The van der Waals surface area contributed by atoms with Crippen molar-refractivity contribution in [3.05, 3.63) is 41.4 Å². The van der Waals surface area contributed by atoms with Gasteiger partial charge in [-0.05, 0) is 18.2 Å². The van der Waals surface area contributed by atoms with Crippen molar-refractivity contribution in [3.8, 4) is 5.75 Å². The van der Waals surface area contributed by atoms with Crippen LogP contribution < -0.4 is 10.1 Å². The Morgan fingerprint density at radius 2 is 2.40 bits per heavy atom. The molecule has 4 heteroatoms. The molecule has 0 fully saturated rings. The monoisotopic (exact) mass is 269 g/mol. The summed E-state index contributed by atoms with van der Waals surface area (Å²) in [5, 5.41) is 2.62. The molecule has 0 atom stereocenters. The molecule has 0 aliphatic rings. The highest BCUT2D eigenvalue weighted by molar-refractivity contribution is 9.10. The van der Waals surface area contributed by atoms with Crippen LogP contribution in [-0.2, 0) is 4.79 Å². The molecule has 1 aromatic rings. The Hall–Kier alpha value is -1.29. The first-order valence-corrected chi connectivity index (χ1v) is 5.27. The zero-order valence-electron chi connectivity index (χ0n) is 8.20. The quantitative estimate of drug-likeness (QED) is 0.832. The van der Waals surface area contributed by atoms with Crippen LogP contribution in [0.2, 0.25) is 0 Å². The largest absolute Gasteiger partial charge is 0.484 e. The van der Waals surface area contributed by atoms with E-state index in [1.165, 1.54) is 0 Å². The van der Waals surface area contributed by atoms with Crippen molar-refractivity contribution >= 4 is 21.8 Å². The molecule has 3 nitrogen and oxygen atoms in total. The maximum Gasteiger partial charge on any atom is 0.258 e. The van der Waals surface area contributed by atoms with Crippen LogP contribution in [0, 0.1) is 0 Å². The van der Waals surface area contributed by atoms with E-state index in [9.17, 15) is 4.79 Å². The van der Waals surface area contributed by atoms with Gasteiger partial charge >= 0.3 is 0 Å². The van der Waals surface area contributed by atoms with E-state index < -0.39 is 0 Å². The highest BCUT2D eigenvalue weighted by Crippen LogP contribution is 2.17. The normalized spacial score (nSPS) is 9.40. The van der Waals surface area contributed by atoms with E-state index >= 15 is 0 Å². The van der Waals surface area contributed by atoms with Gasteiger partial charge in [-0.15, -0.1) is 6.58 Å². The number of carbonyl (C=O) groups is 1. The molecule has 1 aromatic carbocycles. The smallest absolute Gasteiger partial charge is 0.258 e. The Morgan fingerprint density at radius 3 is 3.07 bits per heavy atom.